The van der Waals surface area contributed by atoms with Crippen LogP contribution in [0.2, 0.25) is 0 Å². The lowest BCUT2D eigenvalue weighted by Gasteiger charge is -2.20. The number of hydrogen-bond acceptors (Lipinski definition) is 7. The fourth-order valence-corrected chi connectivity index (χ4v) is 1.49. The van der Waals surface area contributed by atoms with E-state index in [2.05, 4.69) is 15.4 Å². The van der Waals surface area contributed by atoms with Crippen LogP contribution in [0.1, 0.15) is 19.7 Å². The number of aromatic nitrogens is 2. The molecule has 7 heteroatoms. The molecule has 3 N–H and O–H groups in total. The second-order valence-electron chi connectivity index (χ2n) is 4.45. The first kappa shape index (κ1) is 15.6. The third-order valence-electron chi connectivity index (χ3n) is 2.45. The van der Waals surface area contributed by atoms with Crippen LogP contribution in [0.5, 0.6) is 0 Å². The lowest BCUT2D eigenvalue weighted by atomic mass is 10.4. The van der Waals surface area contributed by atoms with Gasteiger partial charge in [-0.3, -0.25) is 0 Å². The monoisotopic (exact) mass is 269 g/mol. The molecule has 1 aromatic heterocycles. The first-order valence-corrected chi connectivity index (χ1v) is 6.23. The first-order chi connectivity index (χ1) is 9.06. The average Bonchev–Trinajstić information content (AvgIpc) is 2.38. The molecular formula is C12H23N5O2. The average molecular weight is 269 g/mol. The molecule has 0 fully saturated rings. The zero-order valence-corrected chi connectivity index (χ0v) is 12.0. The van der Waals surface area contributed by atoms with Crippen molar-refractivity contribution in [3.8, 4) is 0 Å². The van der Waals surface area contributed by atoms with Gasteiger partial charge in [0.25, 0.3) is 0 Å². The maximum absolute atomic E-state index is 5.52. The third-order valence-corrected chi connectivity index (χ3v) is 2.45. The van der Waals surface area contributed by atoms with Crippen LogP contribution in [-0.2, 0) is 16.1 Å². The van der Waals surface area contributed by atoms with Gasteiger partial charge in [0.1, 0.15) is 18.2 Å². The highest BCUT2D eigenvalue weighted by atomic mass is 16.5. The summed E-state index contributed by atoms with van der Waals surface area (Å²) in [5.41, 5.74) is 2.53. The zero-order valence-electron chi connectivity index (χ0n) is 12.0. The van der Waals surface area contributed by atoms with E-state index in [1.807, 2.05) is 25.8 Å². The summed E-state index contributed by atoms with van der Waals surface area (Å²) in [5.74, 6) is 7.33. The van der Waals surface area contributed by atoms with Gasteiger partial charge in [0, 0.05) is 26.8 Å². The lowest BCUT2D eigenvalue weighted by Crippen LogP contribution is -2.25. The molecular weight excluding hydrogens is 246 g/mol. The van der Waals surface area contributed by atoms with Crippen LogP contribution in [0.25, 0.3) is 0 Å². The minimum absolute atomic E-state index is 0.226. The second kappa shape index (κ2) is 7.88. The van der Waals surface area contributed by atoms with E-state index < -0.39 is 0 Å². The molecule has 0 saturated carbocycles. The Balaban J connectivity index is 2.71. The Bertz CT molecular complexity index is 386. The number of nitrogens with one attached hydrogen (secondary N) is 1. The summed E-state index contributed by atoms with van der Waals surface area (Å²) in [6.45, 7) is 5.75. The van der Waals surface area contributed by atoms with Gasteiger partial charge in [-0.25, -0.2) is 15.8 Å². The third kappa shape index (κ3) is 5.37. The standard InChI is InChI=1S/C12H23N5O2/c1-9(2)19-6-5-17(3)12-7-10(16-13)14-11(15-12)8-18-4/h7,9H,5-6,8,13H2,1-4H3,(H,14,15,16). The molecule has 0 saturated heterocycles. The van der Waals surface area contributed by atoms with Crippen molar-refractivity contribution in [1.29, 1.82) is 0 Å². The second-order valence-corrected chi connectivity index (χ2v) is 4.45. The molecule has 0 radical (unpaired) electrons. The number of nitrogens with two attached hydrogens (primary N) is 1. The highest BCUT2D eigenvalue weighted by Crippen LogP contribution is 2.14. The fraction of sp³-hybridized carbons (Fsp3) is 0.667. The van der Waals surface area contributed by atoms with E-state index in [9.17, 15) is 0 Å². The number of methoxy groups -OCH3 is 1. The first-order valence-electron chi connectivity index (χ1n) is 6.23. The number of ether oxygens (including phenoxy) is 2. The number of likely N-dealkylation sites (N-methyl/N-ethyl adjacent to an activating group) is 1. The van der Waals surface area contributed by atoms with E-state index >= 15 is 0 Å². The predicted molar refractivity (Wildman–Crippen MR) is 74.9 cm³/mol. The van der Waals surface area contributed by atoms with Crippen molar-refractivity contribution in [3.63, 3.8) is 0 Å². The van der Waals surface area contributed by atoms with Crippen molar-refractivity contribution in [2.75, 3.05) is 37.6 Å². The Morgan fingerprint density at radius 2 is 2.16 bits per heavy atom. The molecule has 1 aromatic rings. The number of anilines is 2. The van der Waals surface area contributed by atoms with Gasteiger partial charge in [-0.1, -0.05) is 0 Å². The highest BCUT2D eigenvalue weighted by Gasteiger charge is 2.08. The fourth-order valence-electron chi connectivity index (χ4n) is 1.49. The molecule has 1 heterocycles. The summed E-state index contributed by atoms with van der Waals surface area (Å²) < 4.78 is 10.6. The summed E-state index contributed by atoms with van der Waals surface area (Å²) in [5, 5.41) is 0. The minimum atomic E-state index is 0.226. The number of hydrazine groups is 1. The van der Waals surface area contributed by atoms with Gasteiger partial charge in [-0.05, 0) is 13.8 Å². The Hall–Kier alpha value is -1.44. The van der Waals surface area contributed by atoms with Crippen molar-refractivity contribution < 1.29 is 9.47 Å². The molecule has 0 aliphatic heterocycles. The number of nitrogen functional groups attached to an aromatic ring is 1. The van der Waals surface area contributed by atoms with E-state index in [0.29, 0.717) is 24.9 Å². The van der Waals surface area contributed by atoms with Gasteiger partial charge >= 0.3 is 0 Å². The van der Waals surface area contributed by atoms with Crippen LogP contribution in [0.15, 0.2) is 6.07 Å². The van der Waals surface area contributed by atoms with Crippen molar-refractivity contribution in [2.24, 2.45) is 5.84 Å². The van der Waals surface area contributed by atoms with Gasteiger partial charge in [-0.2, -0.15) is 0 Å². The molecule has 0 aromatic carbocycles. The maximum atomic E-state index is 5.52. The Morgan fingerprint density at radius 3 is 2.74 bits per heavy atom. The van der Waals surface area contributed by atoms with Crippen LogP contribution in [0.4, 0.5) is 11.6 Å². The predicted octanol–water partition coefficient (Wildman–Crippen LogP) is 0.770. The molecule has 7 nitrogen and oxygen atoms in total. The molecule has 108 valence electrons. The smallest absolute Gasteiger partial charge is 0.158 e. The normalized spacial score (nSPS) is 10.8. The molecule has 0 bridgehead atoms. The SMILES string of the molecule is COCc1nc(NN)cc(N(C)CCOC(C)C)n1. The molecule has 0 amide bonds. The topological polar surface area (TPSA) is 85.5 Å². The van der Waals surface area contributed by atoms with E-state index in [4.69, 9.17) is 15.3 Å². The summed E-state index contributed by atoms with van der Waals surface area (Å²) in [7, 11) is 3.55. The van der Waals surface area contributed by atoms with Crippen LogP contribution in [-0.4, -0.2) is 43.4 Å². The number of hydrogen-bond donors (Lipinski definition) is 2. The summed E-state index contributed by atoms with van der Waals surface area (Å²) in [6.07, 6.45) is 0.226. The van der Waals surface area contributed by atoms with E-state index in [-0.39, 0.29) is 6.10 Å². The van der Waals surface area contributed by atoms with Crippen molar-refractivity contribution in [1.82, 2.24) is 9.97 Å². The van der Waals surface area contributed by atoms with Crippen molar-refractivity contribution in [2.45, 2.75) is 26.6 Å². The van der Waals surface area contributed by atoms with Gasteiger partial charge < -0.3 is 19.8 Å². The van der Waals surface area contributed by atoms with Crippen LogP contribution >= 0.6 is 0 Å². The van der Waals surface area contributed by atoms with Crippen molar-refractivity contribution in [3.05, 3.63) is 11.9 Å². The quantitative estimate of drug-likeness (QED) is 0.532. The number of nitrogens with zero attached hydrogens (tertiary/aromatic N) is 3. The van der Waals surface area contributed by atoms with Gasteiger partial charge in [0.05, 0.1) is 12.7 Å². The largest absolute Gasteiger partial charge is 0.377 e. The Labute approximate surface area is 114 Å². The molecule has 19 heavy (non-hydrogen) atoms. The van der Waals surface area contributed by atoms with E-state index in [1.54, 1.807) is 13.2 Å². The Kier molecular flexibility index (Phi) is 6.48. The van der Waals surface area contributed by atoms with Gasteiger partial charge in [-0.15, -0.1) is 0 Å². The number of rotatable bonds is 8. The maximum Gasteiger partial charge on any atom is 0.158 e. The highest BCUT2D eigenvalue weighted by molar-refractivity contribution is 5.48. The van der Waals surface area contributed by atoms with Gasteiger partial charge in [0.2, 0.25) is 0 Å². The lowest BCUT2D eigenvalue weighted by molar-refractivity contribution is 0.0845. The summed E-state index contributed by atoms with van der Waals surface area (Å²) in [4.78, 5) is 10.6. The zero-order chi connectivity index (χ0) is 14.3. The van der Waals surface area contributed by atoms with Crippen molar-refractivity contribution >= 4 is 11.6 Å². The molecule has 1 rings (SSSR count). The Morgan fingerprint density at radius 1 is 1.42 bits per heavy atom. The van der Waals surface area contributed by atoms with Crippen LogP contribution in [0, 0.1) is 0 Å². The molecule has 0 spiro atoms. The molecule has 0 aliphatic rings. The summed E-state index contributed by atoms with van der Waals surface area (Å²) >= 11 is 0. The van der Waals surface area contributed by atoms with Crippen LogP contribution in [0.3, 0.4) is 0 Å². The summed E-state index contributed by atoms with van der Waals surface area (Å²) in [6, 6.07) is 1.79. The molecule has 0 unspecified atom stereocenters. The minimum Gasteiger partial charge on any atom is -0.377 e. The van der Waals surface area contributed by atoms with Crippen LogP contribution < -0.4 is 16.2 Å². The molecule has 0 atom stereocenters. The van der Waals surface area contributed by atoms with E-state index in [1.165, 1.54) is 0 Å². The molecule has 0 aliphatic carbocycles. The van der Waals surface area contributed by atoms with Gasteiger partial charge in [0.15, 0.2) is 5.82 Å². The van der Waals surface area contributed by atoms with E-state index in [0.717, 1.165) is 12.4 Å².